The molecule has 3 heteroatoms. The molecule has 2 N–H and O–H groups in total. The predicted octanol–water partition coefficient (Wildman–Crippen LogP) is 5.31. The molecule has 1 fully saturated rings. The Hall–Kier alpha value is -0.410. The van der Waals surface area contributed by atoms with Gasteiger partial charge in [-0.3, -0.25) is 0 Å². The lowest BCUT2D eigenvalue weighted by atomic mass is 9.91. The van der Waals surface area contributed by atoms with Crippen molar-refractivity contribution in [2.45, 2.75) is 95.7 Å². The van der Waals surface area contributed by atoms with Gasteiger partial charge in [0.1, 0.15) is 6.17 Å². The van der Waals surface area contributed by atoms with Crippen molar-refractivity contribution in [2.24, 2.45) is 5.73 Å². The van der Waals surface area contributed by atoms with Gasteiger partial charge in [0.05, 0.1) is 18.8 Å². The Balaban J connectivity index is 1.75. The third kappa shape index (κ3) is 9.58. The summed E-state index contributed by atoms with van der Waals surface area (Å²) in [6.45, 7) is 7.06. The van der Waals surface area contributed by atoms with Crippen LogP contribution in [0.2, 0.25) is 0 Å². The van der Waals surface area contributed by atoms with Crippen LogP contribution in [0.4, 0.5) is 4.39 Å². The van der Waals surface area contributed by atoms with Gasteiger partial charge >= 0.3 is 0 Å². The molecule has 0 radical (unpaired) electrons. The van der Waals surface area contributed by atoms with Crippen molar-refractivity contribution < 1.29 is 9.13 Å². The second-order valence-corrected chi connectivity index (χ2v) is 7.27. The van der Waals surface area contributed by atoms with E-state index < -0.39 is 6.17 Å². The monoisotopic (exact) mass is 313 g/mol. The molecule has 0 spiro atoms. The molecule has 0 bridgehead atoms. The molecule has 0 aliphatic carbocycles. The minimum atomic E-state index is -0.738. The van der Waals surface area contributed by atoms with Gasteiger partial charge in [0.15, 0.2) is 0 Å². The molecular weight excluding hydrogens is 277 g/mol. The number of unbranched alkanes of at least 4 members (excludes halogenated alkanes) is 8. The first-order valence-electron chi connectivity index (χ1n) is 9.19. The van der Waals surface area contributed by atoms with E-state index in [9.17, 15) is 4.39 Å². The Morgan fingerprint density at radius 3 is 2.00 bits per heavy atom. The largest absolute Gasteiger partial charge is 0.377 e. The zero-order valence-electron chi connectivity index (χ0n) is 14.5. The first-order valence-corrected chi connectivity index (χ1v) is 9.19. The summed E-state index contributed by atoms with van der Waals surface area (Å²) in [7, 11) is 0. The maximum atomic E-state index is 12.8. The zero-order chi connectivity index (χ0) is 16.3. The van der Waals surface area contributed by atoms with Crippen molar-refractivity contribution >= 4 is 0 Å². The summed E-state index contributed by atoms with van der Waals surface area (Å²) in [6, 6.07) is 0. The maximum absolute atomic E-state index is 12.8. The number of allylic oxidation sites excluding steroid dienone is 1. The first kappa shape index (κ1) is 19.6. The Morgan fingerprint density at radius 2 is 1.55 bits per heavy atom. The summed E-state index contributed by atoms with van der Waals surface area (Å²) < 4.78 is 17.9. The van der Waals surface area contributed by atoms with Crippen LogP contribution in [0.3, 0.4) is 0 Å². The minimum Gasteiger partial charge on any atom is -0.377 e. The molecule has 1 aliphatic heterocycles. The predicted molar refractivity (Wildman–Crippen MR) is 92.9 cm³/mol. The Kier molecular flexibility index (Phi) is 9.98. The second kappa shape index (κ2) is 11.2. The van der Waals surface area contributed by atoms with Crippen molar-refractivity contribution in [1.82, 2.24) is 0 Å². The number of ether oxygens (including phenoxy) is 1. The van der Waals surface area contributed by atoms with Crippen molar-refractivity contribution in [3.8, 4) is 0 Å². The third-order valence-electron chi connectivity index (χ3n) is 4.55. The van der Waals surface area contributed by atoms with Crippen LogP contribution in [0, 0.1) is 0 Å². The molecule has 1 rings (SSSR count). The number of alkyl halides is 1. The highest BCUT2D eigenvalue weighted by molar-refractivity contribution is 4.95. The molecule has 0 aromatic rings. The van der Waals surface area contributed by atoms with Crippen molar-refractivity contribution in [3.05, 3.63) is 12.2 Å². The Bertz CT molecular complexity index is 300. The average molecular weight is 314 g/mol. The fraction of sp³-hybridized carbons (Fsp3) is 0.895. The summed E-state index contributed by atoms with van der Waals surface area (Å²) >= 11 is 0. The Morgan fingerprint density at radius 1 is 1.05 bits per heavy atom. The minimum absolute atomic E-state index is 0.00392. The van der Waals surface area contributed by atoms with Crippen LogP contribution in [0.1, 0.15) is 84.0 Å². The van der Waals surface area contributed by atoms with Gasteiger partial charge in [-0.2, -0.15) is 0 Å². The summed E-state index contributed by atoms with van der Waals surface area (Å²) in [6.07, 6.45) is 13.6. The molecule has 0 amide bonds. The fourth-order valence-corrected chi connectivity index (χ4v) is 3.10. The average Bonchev–Trinajstić information content (AvgIpc) is 2.42. The van der Waals surface area contributed by atoms with Crippen LogP contribution in [0.25, 0.3) is 0 Å². The van der Waals surface area contributed by atoms with E-state index in [4.69, 9.17) is 10.5 Å². The maximum Gasteiger partial charge on any atom is 0.101 e. The molecule has 0 aromatic carbocycles. The van der Waals surface area contributed by atoms with Gasteiger partial charge < -0.3 is 10.5 Å². The van der Waals surface area contributed by atoms with Crippen molar-refractivity contribution in [3.63, 3.8) is 0 Å². The number of nitrogens with two attached hydrogens (primary N) is 1. The highest BCUT2D eigenvalue weighted by atomic mass is 19.1. The Labute approximate surface area is 136 Å². The van der Waals surface area contributed by atoms with Gasteiger partial charge in [0.25, 0.3) is 0 Å². The number of halogens is 1. The molecule has 2 nitrogen and oxygen atoms in total. The molecule has 0 aromatic heterocycles. The lowest BCUT2D eigenvalue weighted by Gasteiger charge is -2.37. The van der Waals surface area contributed by atoms with E-state index in [1.165, 1.54) is 57.8 Å². The van der Waals surface area contributed by atoms with Crippen LogP contribution in [0.5, 0.6) is 0 Å². The highest BCUT2D eigenvalue weighted by Crippen LogP contribution is 2.21. The van der Waals surface area contributed by atoms with E-state index in [2.05, 4.69) is 6.58 Å². The second-order valence-electron chi connectivity index (χ2n) is 7.27. The van der Waals surface area contributed by atoms with E-state index in [0.717, 1.165) is 31.6 Å². The normalized spacial score (nSPS) is 18.0. The molecule has 1 unspecified atom stereocenters. The standard InChI is InChI=1S/C19H36FNO/c1-17(14-18(2)20)12-10-8-6-4-3-5-7-9-11-13-19(21)15-22-16-19/h18H,1,3-16,21H2,2H3. The van der Waals surface area contributed by atoms with Crippen molar-refractivity contribution in [2.75, 3.05) is 13.2 Å². The van der Waals surface area contributed by atoms with Crippen LogP contribution >= 0.6 is 0 Å². The van der Waals surface area contributed by atoms with Gasteiger partial charge in [-0.25, -0.2) is 4.39 Å². The summed E-state index contributed by atoms with van der Waals surface area (Å²) in [5, 5.41) is 0. The fourth-order valence-electron chi connectivity index (χ4n) is 3.10. The van der Waals surface area contributed by atoms with Crippen LogP contribution in [-0.2, 0) is 4.74 Å². The lowest BCUT2D eigenvalue weighted by Crippen LogP contribution is -2.57. The first-order chi connectivity index (χ1) is 10.5. The van der Waals surface area contributed by atoms with Crippen LogP contribution in [0.15, 0.2) is 12.2 Å². The van der Waals surface area contributed by atoms with Gasteiger partial charge in [0, 0.05) is 0 Å². The summed E-state index contributed by atoms with van der Waals surface area (Å²) in [5.74, 6) is 0. The van der Waals surface area contributed by atoms with E-state index >= 15 is 0 Å². The molecule has 130 valence electrons. The van der Waals surface area contributed by atoms with E-state index in [0.29, 0.717) is 6.42 Å². The van der Waals surface area contributed by atoms with Gasteiger partial charge in [0.2, 0.25) is 0 Å². The molecule has 1 aliphatic rings. The number of hydrogen-bond acceptors (Lipinski definition) is 2. The molecular formula is C19H36FNO. The number of rotatable bonds is 14. The SMILES string of the molecule is C=C(CCCCCCCCCCCC1(N)COC1)CC(C)F. The highest BCUT2D eigenvalue weighted by Gasteiger charge is 2.32. The smallest absolute Gasteiger partial charge is 0.101 e. The molecule has 1 atom stereocenters. The molecule has 1 heterocycles. The number of hydrogen-bond donors (Lipinski definition) is 1. The quantitative estimate of drug-likeness (QED) is 0.348. The topological polar surface area (TPSA) is 35.2 Å². The van der Waals surface area contributed by atoms with E-state index in [1.54, 1.807) is 6.92 Å². The van der Waals surface area contributed by atoms with Gasteiger partial charge in [-0.1, -0.05) is 63.5 Å². The van der Waals surface area contributed by atoms with E-state index in [1.807, 2.05) is 0 Å². The molecule has 1 saturated heterocycles. The zero-order valence-corrected chi connectivity index (χ0v) is 14.5. The summed E-state index contributed by atoms with van der Waals surface area (Å²) in [5.41, 5.74) is 7.19. The van der Waals surface area contributed by atoms with Gasteiger partial charge in [-0.15, -0.1) is 0 Å². The van der Waals surface area contributed by atoms with Gasteiger partial charge in [-0.05, 0) is 32.6 Å². The van der Waals surface area contributed by atoms with Crippen LogP contribution < -0.4 is 5.73 Å². The summed E-state index contributed by atoms with van der Waals surface area (Å²) in [4.78, 5) is 0. The van der Waals surface area contributed by atoms with E-state index in [-0.39, 0.29) is 5.54 Å². The lowest BCUT2D eigenvalue weighted by molar-refractivity contribution is -0.0582. The van der Waals surface area contributed by atoms with Crippen molar-refractivity contribution in [1.29, 1.82) is 0 Å². The van der Waals surface area contributed by atoms with Crippen LogP contribution in [-0.4, -0.2) is 24.9 Å². The molecule has 22 heavy (non-hydrogen) atoms. The third-order valence-corrected chi connectivity index (χ3v) is 4.55. The molecule has 0 saturated carbocycles.